The van der Waals surface area contributed by atoms with Gasteiger partial charge < -0.3 is 9.47 Å². The molecule has 1 aliphatic rings. The lowest BCUT2D eigenvalue weighted by Gasteiger charge is -2.33. The monoisotopic (exact) mass is 360 g/mol. The molecule has 0 aliphatic carbocycles. The summed E-state index contributed by atoms with van der Waals surface area (Å²) in [5.74, 6) is 0. The van der Waals surface area contributed by atoms with E-state index >= 15 is 0 Å². The largest absolute Gasteiger partial charge is 0.306 e. The smallest absolute Gasteiger partial charge is 0.0783 e. The maximum atomic E-state index is 2.44. The van der Waals surface area contributed by atoms with E-state index in [4.69, 9.17) is 0 Å². The number of hydrogen-bond donors (Lipinski definition) is 0. The Labute approximate surface area is 164 Å². The van der Waals surface area contributed by atoms with Gasteiger partial charge in [-0.25, -0.2) is 0 Å². The predicted octanol–water partition coefficient (Wildman–Crippen LogP) is 7.13. The fraction of sp³-hybridized carbons (Fsp3) is 0.0769. The summed E-state index contributed by atoms with van der Waals surface area (Å²) in [5.41, 5.74) is 8.82. The topological polar surface area (TPSA) is 8.17 Å². The highest BCUT2D eigenvalue weighted by atomic mass is 15.2. The Kier molecular flexibility index (Phi) is 3.18. The standard InChI is InChI=1S/C26H20N2/c1-2-18-15-16-23-25(17-18)27(19-9-4-3-5-10-19)24-14-8-12-21-20-11-6-7-13-22(20)28(23)26(21)24/h3-17H,2H2,1H3. The average Bonchev–Trinajstić information content (AvgIpc) is 3.10. The second-order valence-corrected chi connectivity index (χ2v) is 7.37. The molecule has 0 radical (unpaired) electrons. The van der Waals surface area contributed by atoms with E-state index in [0.29, 0.717) is 0 Å². The van der Waals surface area contributed by atoms with Crippen molar-refractivity contribution in [1.29, 1.82) is 0 Å². The van der Waals surface area contributed by atoms with Crippen molar-refractivity contribution in [2.24, 2.45) is 0 Å². The second-order valence-electron chi connectivity index (χ2n) is 7.37. The Balaban J connectivity index is 1.82. The van der Waals surface area contributed by atoms with Crippen LogP contribution < -0.4 is 4.90 Å². The third-order valence-corrected chi connectivity index (χ3v) is 5.86. The molecule has 1 aliphatic heterocycles. The normalized spacial score (nSPS) is 12.5. The molecule has 2 heterocycles. The molecule has 0 bridgehead atoms. The molecule has 6 rings (SSSR count). The minimum Gasteiger partial charge on any atom is -0.306 e. The maximum Gasteiger partial charge on any atom is 0.0783 e. The van der Waals surface area contributed by atoms with Crippen LogP contribution in [0.2, 0.25) is 0 Å². The first-order valence-corrected chi connectivity index (χ1v) is 9.87. The van der Waals surface area contributed by atoms with Crippen LogP contribution in [-0.4, -0.2) is 4.57 Å². The van der Waals surface area contributed by atoms with Gasteiger partial charge in [-0.1, -0.05) is 61.5 Å². The summed E-state index contributed by atoms with van der Waals surface area (Å²) in [5, 5.41) is 2.61. The van der Waals surface area contributed by atoms with Crippen molar-refractivity contribution in [1.82, 2.24) is 4.57 Å². The number of aryl methyl sites for hydroxylation is 1. The van der Waals surface area contributed by atoms with Gasteiger partial charge in [-0.15, -0.1) is 0 Å². The van der Waals surface area contributed by atoms with E-state index in [1.165, 1.54) is 50.1 Å². The molecule has 28 heavy (non-hydrogen) atoms. The molecular weight excluding hydrogens is 340 g/mol. The number of aromatic nitrogens is 1. The second kappa shape index (κ2) is 5.74. The van der Waals surface area contributed by atoms with Crippen molar-refractivity contribution in [3.8, 4) is 5.69 Å². The Morgan fingerprint density at radius 2 is 1.43 bits per heavy atom. The van der Waals surface area contributed by atoms with Gasteiger partial charge in [0.25, 0.3) is 0 Å². The Bertz CT molecular complexity index is 1350. The van der Waals surface area contributed by atoms with Gasteiger partial charge in [-0.2, -0.15) is 0 Å². The van der Waals surface area contributed by atoms with Crippen LogP contribution in [0.3, 0.4) is 0 Å². The van der Waals surface area contributed by atoms with Gasteiger partial charge in [-0.05, 0) is 48.4 Å². The molecule has 0 fully saturated rings. The van der Waals surface area contributed by atoms with Crippen LogP contribution in [0.25, 0.3) is 27.5 Å². The number of rotatable bonds is 2. The molecule has 0 saturated carbocycles. The summed E-state index contributed by atoms with van der Waals surface area (Å²) in [4.78, 5) is 2.41. The number of benzene rings is 4. The Hall–Kier alpha value is -3.52. The molecule has 0 N–H and O–H groups in total. The van der Waals surface area contributed by atoms with Crippen molar-refractivity contribution >= 4 is 38.9 Å². The molecular formula is C26H20N2. The van der Waals surface area contributed by atoms with Gasteiger partial charge in [0, 0.05) is 16.5 Å². The fourth-order valence-electron chi connectivity index (χ4n) is 4.57. The summed E-state index contributed by atoms with van der Waals surface area (Å²) in [6.45, 7) is 2.22. The van der Waals surface area contributed by atoms with Crippen molar-refractivity contribution in [2.75, 3.05) is 4.90 Å². The zero-order valence-corrected chi connectivity index (χ0v) is 15.8. The molecule has 0 amide bonds. The third-order valence-electron chi connectivity index (χ3n) is 5.86. The summed E-state index contributed by atoms with van der Waals surface area (Å²) >= 11 is 0. The minimum absolute atomic E-state index is 1.03. The number of fused-ring (bicyclic) bond motifs is 5. The lowest BCUT2D eigenvalue weighted by Crippen LogP contribution is -2.18. The molecule has 2 heteroatoms. The quantitative estimate of drug-likeness (QED) is 0.319. The highest BCUT2D eigenvalue weighted by Gasteiger charge is 2.28. The molecule has 0 atom stereocenters. The Morgan fingerprint density at radius 1 is 0.643 bits per heavy atom. The number of hydrogen-bond acceptors (Lipinski definition) is 1. The van der Waals surface area contributed by atoms with Gasteiger partial charge in [0.1, 0.15) is 0 Å². The molecule has 0 spiro atoms. The highest BCUT2D eigenvalue weighted by Crippen LogP contribution is 2.49. The van der Waals surface area contributed by atoms with E-state index < -0.39 is 0 Å². The zero-order valence-electron chi connectivity index (χ0n) is 15.8. The average molecular weight is 360 g/mol. The predicted molar refractivity (Wildman–Crippen MR) is 118 cm³/mol. The summed E-state index contributed by atoms with van der Waals surface area (Å²) in [6.07, 6.45) is 1.03. The Morgan fingerprint density at radius 3 is 2.29 bits per heavy atom. The fourth-order valence-corrected chi connectivity index (χ4v) is 4.57. The van der Waals surface area contributed by atoms with E-state index in [0.717, 1.165) is 6.42 Å². The maximum absolute atomic E-state index is 2.44. The van der Waals surface area contributed by atoms with Crippen LogP contribution in [-0.2, 0) is 6.42 Å². The van der Waals surface area contributed by atoms with Gasteiger partial charge in [0.15, 0.2) is 0 Å². The van der Waals surface area contributed by atoms with Crippen LogP contribution in [0.1, 0.15) is 12.5 Å². The van der Waals surface area contributed by atoms with Crippen molar-refractivity contribution < 1.29 is 0 Å². The van der Waals surface area contributed by atoms with E-state index in [2.05, 4.69) is 107 Å². The van der Waals surface area contributed by atoms with Gasteiger partial charge in [0.2, 0.25) is 0 Å². The van der Waals surface area contributed by atoms with Gasteiger partial charge in [-0.3, -0.25) is 0 Å². The first-order valence-electron chi connectivity index (χ1n) is 9.87. The first-order chi connectivity index (χ1) is 13.9. The molecule has 5 aromatic rings. The van der Waals surface area contributed by atoms with Crippen LogP contribution >= 0.6 is 0 Å². The van der Waals surface area contributed by atoms with Crippen LogP contribution in [0, 0.1) is 0 Å². The first kappa shape index (κ1) is 15.5. The van der Waals surface area contributed by atoms with Crippen molar-refractivity contribution in [2.45, 2.75) is 13.3 Å². The van der Waals surface area contributed by atoms with Gasteiger partial charge in [0.05, 0.1) is 28.1 Å². The summed E-state index contributed by atoms with van der Waals surface area (Å²) in [7, 11) is 0. The molecule has 4 aromatic carbocycles. The lowest BCUT2D eigenvalue weighted by atomic mass is 10.0. The van der Waals surface area contributed by atoms with Crippen LogP contribution in [0.5, 0.6) is 0 Å². The minimum atomic E-state index is 1.03. The van der Waals surface area contributed by atoms with E-state index in [-0.39, 0.29) is 0 Å². The number of anilines is 3. The van der Waals surface area contributed by atoms with Crippen molar-refractivity contribution in [3.05, 3.63) is 96.6 Å². The van der Waals surface area contributed by atoms with Crippen molar-refractivity contribution in [3.63, 3.8) is 0 Å². The van der Waals surface area contributed by atoms with Crippen LogP contribution in [0.4, 0.5) is 17.1 Å². The number of nitrogens with zero attached hydrogens (tertiary/aromatic N) is 2. The molecule has 134 valence electrons. The van der Waals surface area contributed by atoms with Gasteiger partial charge >= 0.3 is 0 Å². The highest BCUT2D eigenvalue weighted by molar-refractivity contribution is 6.16. The molecule has 2 nitrogen and oxygen atoms in total. The molecule has 0 unspecified atom stereocenters. The zero-order chi connectivity index (χ0) is 18.7. The SMILES string of the molecule is CCc1ccc2c(c1)N(c1ccccc1)c1cccc3c4ccccc4n-2c13. The summed E-state index contributed by atoms with van der Waals surface area (Å²) in [6, 6.07) is 33.0. The van der Waals surface area contributed by atoms with E-state index in [1.807, 2.05) is 0 Å². The number of para-hydroxylation sites is 3. The van der Waals surface area contributed by atoms with E-state index in [1.54, 1.807) is 0 Å². The summed E-state index contributed by atoms with van der Waals surface area (Å²) < 4.78 is 2.44. The lowest BCUT2D eigenvalue weighted by molar-refractivity contribution is 1.08. The molecule has 1 aromatic heterocycles. The third kappa shape index (κ3) is 1.97. The molecule has 0 saturated heterocycles. The van der Waals surface area contributed by atoms with Crippen LogP contribution in [0.15, 0.2) is 91.0 Å². The van der Waals surface area contributed by atoms with E-state index in [9.17, 15) is 0 Å².